The van der Waals surface area contributed by atoms with Crippen LogP contribution in [-0.4, -0.2) is 58.5 Å². The van der Waals surface area contributed by atoms with Crippen LogP contribution in [0, 0.1) is 0 Å². The highest BCUT2D eigenvalue weighted by atomic mass is 16.4. The van der Waals surface area contributed by atoms with E-state index >= 15 is 0 Å². The number of nitrogens with one attached hydrogen (secondary N) is 2. The number of hydrogen-bond donors (Lipinski definition) is 4. The fourth-order valence-electron chi connectivity index (χ4n) is 4.69. The van der Waals surface area contributed by atoms with Gasteiger partial charge < -0.3 is 21.1 Å². The number of aromatic amines is 1. The first-order valence-corrected chi connectivity index (χ1v) is 12.1. The molecule has 2 aromatic carbocycles. The van der Waals surface area contributed by atoms with Crippen molar-refractivity contribution in [3.05, 3.63) is 70.9 Å². The summed E-state index contributed by atoms with van der Waals surface area (Å²) in [5.74, 6) is -1.74. The van der Waals surface area contributed by atoms with Gasteiger partial charge in [0.05, 0.1) is 0 Å². The molecule has 2 amide bonds. The summed E-state index contributed by atoms with van der Waals surface area (Å²) in [6, 6.07) is 12.8. The number of nitrogens with zero attached hydrogens (tertiary/aromatic N) is 1. The highest BCUT2D eigenvalue weighted by Gasteiger charge is 2.28. The minimum absolute atomic E-state index is 0.317. The molecule has 0 spiro atoms. The zero-order valence-corrected chi connectivity index (χ0v) is 20.3. The molecule has 0 bridgehead atoms. The van der Waals surface area contributed by atoms with Crippen LogP contribution < -0.4 is 11.1 Å². The number of amides is 2. The number of carboxylic acids is 1. The fourth-order valence-corrected chi connectivity index (χ4v) is 4.69. The predicted molar refractivity (Wildman–Crippen MR) is 137 cm³/mol. The van der Waals surface area contributed by atoms with Crippen molar-refractivity contribution in [2.24, 2.45) is 5.73 Å². The van der Waals surface area contributed by atoms with Crippen LogP contribution in [0.5, 0.6) is 0 Å². The van der Waals surface area contributed by atoms with E-state index in [9.17, 15) is 14.4 Å². The third kappa shape index (κ3) is 6.48. The lowest BCUT2D eigenvalue weighted by Gasteiger charge is -2.34. The molecule has 1 heterocycles. The maximum absolute atomic E-state index is 11.8. The number of H-pyrrole nitrogens is 1. The Morgan fingerprint density at radius 2 is 1.74 bits per heavy atom. The summed E-state index contributed by atoms with van der Waals surface area (Å²) < 4.78 is 0. The second-order valence-corrected chi connectivity index (χ2v) is 8.73. The van der Waals surface area contributed by atoms with Gasteiger partial charge >= 0.3 is 5.97 Å². The van der Waals surface area contributed by atoms with Gasteiger partial charge in [0.25, 0.3) is 5.91 Å². The van der Waals surface area contributed by atoms with Crippen LogP contribution in [0.25, 0.3) is 10.9 Å². The van der Waals surface area contributed by atoms with E-state index in [0.29, 0.717) is 17.2 Å². The Bertz CT molecular complexity index is 1170. The predicted octanol–water partition coefficient (Wildman–Crippen LogP) is 3.36. The topological polar surface area (TPSA) is 129 Å². The molecule has 186 valence electrons. The van der Waals surface area contributed by atoms with Crippen LogP contribution in [-0.2, 0) is 17.6 Å². The molecule has 8 heteroatoms. The van der Waals surface area contributed by atoms with Crippen molar-refractivity contribution in [2.45, 2.75) is 45.6 Å². The SMILES string of the molecule is CCCN(CCC)C1Cc2c[nH]c3ccc(C(N)=O)c(c23)C1.O=C(O)CNC(=O)c1ccccc1. The lowest BCUT2D eigenvalue weighted by Crippen LogP contribution is -2.41. The third-order valence-electron chi connectivity index (χ3n) is 6.17. The van der Waals surface area contributed by atoms with Crippen LogP contribution in [0.3, 0.4) is 0 Å². The van der Waals surface area contributed by atoms with Gasteiger partial charge in [0.15, 0.2) is 0 Å². The molecule has 1 aromatic heterocycles. The quantitative estimate of drug-likeness (QED) is 0.375. The molecule has 1 unspecified atom stereocenters. The Morgan fingerprint density at radius 3 is 2.34 bits per heavy atom. The number of carbonyl (C=O) groups is 3. The smallest absolute Gasteiger partial charge is 0.322 e. The van der Waals surface area contributed by atoms with Gasteiger partial charge in [-0.05, 0) is 74.2 Å². The van der Waals surface area contributed by atoms with Crippen LogP contribution >= 0.6 is 0 Å². The van der Waals surface area contributed by atoms with Gasteiger partial charge in [-0.1, -0.05) is 32.0 Å². The van der Waals surface area contributed by atoms with Gasteiger partial charge in [-0.25, -0.2) is 0 Å². The molecule has 4 rings (SSSR count). The van der Waals surface area contributed by atoms with Crippen LogP contribution in [0.15, 0.2) is 48.7 Å². The van der Waals surface area contributed by atoms with Crippen molar-refractivity contribution in [1.29, 1.82) is 0 Å². The van der Waals surface area contributed by atoms with Gasteiger partial charge in [0.2, 0.25) is 5.91 Å². The highest BCUT2D eigenvalue weighted by Crippen LogP contribution is 2.33. The van der Waals surface area contributed by atoms with E-state index in [2.05, 4.69) is 35.2 Å². The van der Waals surface area contributed by atoms with Gasteiger partial charge in [-0.3, -0.25) is 19.3 Å². The number of nitrogens with two attached hydrogens (primary N) is 1. The molecule has 35 heavy (non-hydrogen) atoms. The van der Waals surface area contributed by atoms with Crippen molar-refractivity contribution in [3.63, 3.8) is 0 Å². The maximum Gasteiger partial charge on any atom is 0.322 e. The first-order valence-electron chi connectivity index (χ1n) is 12.1. The average Bonchev–Trinajstić information content (AvgIpc) is 3.27. The van der Waals surface area contributed by atoms with Crippen molar-refractivity contribution >= 4 is 28.7 Å². The molecule has 0 saturated carbocycles. The molecular weight excluding hydrogens is 444 g/mol. The van der Waals surface area contributed by atoms with E-state index < -0.39 is 5.97 Å². The Labute approximate surface area is 205 Å². The lowest BCUT2D eigenvalue weighted by atomic mass is 9.85. The van der Waals surface area contributed by atoms with E-state index in [1.165, 1.54) is 10.9 Å². The van der Waals surface area contributed by atoms with Crippen molar-refractivity contribution in [1.82, 2.24) is 15.2 Å². The van der Waals surface area contributed by atoms with E-state index in [4.69, 9.17) is 10.8 Å². The Kier molecular flexibility index (Phi) is 9.03. The van der Waals surface area contributed by atoms with E-state index in [0.717, 1.165) is 49.9 Å². The van der Waals surface area contributed by atoms with Gasteiger partial charge in [-0.2, -0.15) is 0 Å². The number of primary amides is 1. The van der Waals surface area contributed by atoms with E-state index in [-0.39, 0.29) is 18.4 Å². The summed E-state index contributed by atoms with van der Waals surface area (Å²) in [5, 5.41) is 11.8. The Balaban J connectivity index is 0.000000225. The lowest BCUT2D eigenvalue weighted by molar-refractivity contribution is -0.135. The monoisotopic (exact) mass is 478 g/mol. The number of aromatic nitrogens is 1. The second-order valence-electron chi connectivity index (χ2n) is 8.73. The summed E-state index contributed by atoms with van der Waals surface area (Å²) in [5.41, 5.74) is 10.3. The normalized spacial score (nSPS) is 14.3. The van der Waals surface area contributed by atoms with Crippen LogP contribution in [0.2, 0.25) is 0 Å². The summed E-state index contributed by atoms with van der Waals surface area (Å²) in [7, 11) is 0. The standard InChI is InChI=1S/C18H25N3O.C9H9NO3/c1-3-7-21(8-4-2)13-9-12-11-20-16-6-5-14(18(19)22)15(10-13)17(12)16;11-8(12)6-10-9(13)7-4-2-1-3-5-7/h5-6,11,13,20H,3-4,7-10H2,1-2H3,(H2,19,22);1-5H,6H2,(H,10,13)(H,11,12). The maximum atomic E-state index is 11.8. The number of rotatable bonds is 9. The first kappa shape index (κ1) is 26.0. The van der Waals surface area contributed by atoms with Crippen LogP contribution in [0.4, 0.5) is 0 Å². The number of hydrogen-bond acceptors (Lipinski definition) is 4. The molecule has 0 fully saturated rings. The second kappa shape index (κ2) is 12.2. The minimum atomic E-state index is -1.05. The van der Waals surface area contributed by atoms with Crippen LogP contribution in [0.1, 0.15) is 58.5 Å². The molecule has 8 nitrogen and oxygen atoms in total. The fraction of sp³-hybridized carbons (Fsp3) is 0.370. The zero-order valence-electron chi connectivity index (χ0n) is 20.3. The minimum Gasteiger partial charge on any atom is -0.480 e. The molecule has 1 atom stereocenters. The highest BCUT2D eigenvalue weighted by molar-refractivity contribution is 6.01. The number of carboxylic acid groups (broad SMARTS) is 1. The zero-order chi connectivity index (χ0) is 25.4. The summed E-state index contributed by atoms with van der Waals surface area (Å²) in [6.45, 7) is 6.32. The molecule has 5 N–H and O–H groups in total. The molecule has 0 radical (unpaired) electrons. The van der Waals surface area contributed by atoms with Crippen molar-refractivity contribution in [2.75, 3.05) is 19.6 Å². The van der Waals surface area contributed by atoms with Crippen molar-refractivity contribution < 1.29 is 19.5 Å². The Hall–Kier alpha value is -3.65. The summed E-state index contributed by atoms with van der Waals surface area (Å²) in [6.07, 6.45) is 6.38. The summed E-state index contributed by atoms with van der Waals surface area (Å²) in [4.78, 5) is 39.0. The number of aliphatic carboxylic acids is 1. The summed E-state index contributed by atoms with van der Waals surface area (Å²) >= 11 is 0. The number of benzene rings is 2. The largest absolute Gasteiger partial charge is 0.480 e. The van der Waals surface area contributed by atoms with Gasteiger partial charge in [0.1, 0.15) is 6.54 Å². The van der Waals surface area contributed by atoms with E-state index in [1.807, 2.05) is 12.1 Å². The molecule has 0 saturated heterocycles. The molecular formula is C27H34N4O4. The van der Waals surface area contributed by atoms with Gasteiger partial charge in [0, 0.05) is 34.3 Å². The number of carbonyl (C=O) groups excluding carboxylic acids is 2. The van der Waals surface area contributed by atoms with Gasteiger partial charge in [-0.15, -0.1) is 0 Å². The third-order valence-corrected chi connectivity index (χ3v) is 6.17. The molecule has 1 aliphatic rings. The molecule has 3 aromatic rings. The molecule has 1 aliphatic carbocycles. The molecule has 0 aliphatic heterocycles. The Morgan fingerprint density at radius 1 is 1.06 bits per heavy atom. The van der Waals surface area contributed by atoms with E-state index in [1.54, 1.807) is 30.3 Å². The first-order chi connectivity index (χ1) is 16.8. The average molecular weight is 479 g/mol. The van der Waals surface area contributed by atoms with Crippen molar-refractivity contribution in [3.8, 4) is 0 Å².